The average molecular weight is 284 g/mol. The summed E-state index contributed by atoms with van der Waals surface area (Å²) in [5.41, 5.74) is 0.774. The summed E-state index contributed by atoms with van der Waals surface area (Å²) in [6, 6.07) is 6.31. The van der Waals surface area contributed by atoms with Crippen molar-refractivity contribution in [2.45, 2.75) is 4.90 Å². The fourth-order valence-corrected chi connectivity index (χ4v) is 3.56. The van der Waals surface area contributed by atoms with Crippen LogP contribution in [0.3, 0.4) is 0 Å². The number of nitriles is 1. The molecule has 1 aromatic heterocycles. The number of halogens is 1. The van der Waals surface area contributed by atoms with Crippen LogP contribution in [0.2, 0.25) is 0 Å². The van der Waals surface area contributed by atoms with E-state index in [1.165, 1.54) is 4.90 Å². The van der Waals surface area contributed by atoms with E-state index in [9.17, 15) is 0 Å². The van der Waals surface area contributed by atoms with Gasteiger partial charge < -0.3 is 0 Å². The molecule has 0 N–H and O–H groups in total. The summed E-state index contributed by atoms with van der Waals surface area (Å²) in [5.74, 6) is 0. The molecule has 0 aliphatic heterocycles. The Morgan fingerprint density at radius 3 is 2.93 bits per heavy atom. The predicted octanol–water partition coefficient (Wildman–Crippen LogP) is 4.26. The lowest BCUT2D eigenvalue weighted by molar-refractivity contribution is 1.49. The Morgan fingerprint density at radius 1 is 1.50 bits per heavy atom. The first-order valence-corrected chi connectivity index (χ1v) is 6.81. The van der Waals surface area contributed by atoms with E-state index in [1.54, 1.807) is 23.1 Å². The summed E-state index contributed by atoms with van der Waals surface area (Å²) in [6.45, 7) is 0. The standard InChI is InChI=1S/C10H6BrNS2/c1-13-8-3-2-7(11)10-9(8)6(4-12)5-14-10/h2-3,5H,1H3. The summed E-state index contributed by atoms with van der Waals surface area (Å²) >= 11 is 6.78. The first-order chi connectivity index (χ1) is 6.77. The Kier molecular flexibility index (Phi) is 2.82. The lowest BCUT2D eigenvalue weighted by Gasteiger charge is -2.00. The Hall–Kier alpha value is -0.500. The molecule has 14 heavy (non-hydrogen) atoms. The number of thiophene rings is 1. The van der Waals surface area contributed by atoms with Crippen LogP contribution in [0.15, 0.2) is 26.9 Å². The van der Waals surface area contributed by atoms with Gasteiger partial charge in [0, 0.05) is 20.1 Å². The first-order valence-electron chi connectivity index (χ1n) is 3.91. The normalized spacial score (nSPS) is 10.4. The number of nitrogens with zero attached hydrogens (tertiary/aromatic N) is 1. The van der Waals surface area contributed by atoms with E-state index in [2.05, 4.69) is 22.0 Å². The molecule has 1 nitrogen and oxygen atoms in total. The van der Waals surface area contributed by atoms with Crippen LogP contribution in [0.4, 0.5) is 0 Å². The lowest BCUT2D eigenvalue weighted by Crippen LogP contribution is -1.76. The Bertz CT molecular complexity index is 525. The molecule has 0 radical (unpaired) electrons. The second-order valence-electron chi connectivity index (χ2n) is 2.71. The molecule has 2 aromatic rings. The van der Waals surface area contributed by atoms with E-state index in [0.29, 0.717) is 0 Å². The zero-order chi connectivity index (χ0) is 10.1. The maximum Gasteiger partial charge on any atom is 0.101 e. The fourth-order valence-electron chi connectivity index (χ4n) is 1.34. The summed E-state index contributed by atoms with van der Waals surface area (Å²) < 4.78 is 2.23. The van der Waals surface area contributed by atoms with Gasteiger partial charge >= 0.3 is 0 Å². The predicted molar refractivity (Wildman–Crippen MR) is 66.0 cm³/mol. The monoisotopic (exact) mass is 283 g/mol. The highest BCUT2D eigenvalue weighted by Gasteiger charge is 2.10. The van der Waals surface area contributed by atoms with Crippen LogP contribution >= 0.6 is 39.0 Å². The molecule has 1 aromatic carbocycles. The SMILES string of the molecule is CSc1ccc(Br)c2scc(C#N)c12. The number of thioether (sulfide) groups is 1. The molecule has 1 heterocycles. The number of fused-ring (bicyclic) bond motifs is 1. The molecule has 70 valence electrons. The van der Waals surface area contributed by atoms with Crippen LogP contribution in [0, 0.1) is 11.3 Å². The zero-order valence-corrected chi connectivity index (χ0v) is 10.6. The minimum absolute atomic E-state index is 0.774. The second kappa shape index (κ2) is 3.93. The molecule has 0 bridgehead atoms. The van der Waals surface area contributed by atoms with E-state index < -0.39 is 0 Å². The van der Waals surface area contributed by atoms with Gasteiger partial charge in [0.15, 0.2) is 0 Å². The third kappa shape index (κ3) is 1.46. The fraction of sp³-hybridized carbons (Fsp3) is 0.100. The molecule has 0 unspecified atom stereocenters. The molecule has 0 aliphatic rings. The number of rotatable bonds is 1. The molecule has 0 aliphatic carbocycles. The molecule has 4 heteroatoms. The molecular weight excluding hydrogens is 278 g/mol. The molecule has 0 saturated heterocycles. The summed E-state index contributed by atoms with van der Waals surface area (Å²) in [4.78, 5) is 1.17. The smallest absolute Gasteiger partial charge is 0.101 e. The minimum Gasteiger partial charge on any atom is -0.192 e. The molecule has 0 spiro atoms. The Labute approximate surface area is 98.9 Å². The zero-order valence-electron chi connectivity index (χ0n) is 7.37. The van der Waals surface area contributed by atoms with Gasteiger partial charge in [-0.3, -0.25) is 0 Å². The van der Waals surface area contributed by atoms with Crippen molar-refractivity contribution in [2.24, 2.45) is 0 Å². The average Bonchev–Trinajstić information content (AvgIpc) is 2.63. The van der Waals surface area contributed by atoms with Gasteiger partial charge in [0.2, 0.25) is 0 Å². The number of benzene rings is 1. The van der Waals surface area contributed by atoms with E-state index in [1.807, 2.05) is 23.8 Å². The van der Waals surface area contributed by atoms with Crippen LogP contribution < -0.4 is 0 Å². The van der Waals surface area contributed by atoms with Crippen molar-refractivity contribution in [3.63, 3.8) is 0 Å². The van der Waals surface area contributed by atoms with Gasteiger partial charge in [-0.05, 0) is 34.3 Å². The number of hydrogen-bond donors (Lipinski definition) is 0. The van der Waals surface area contributed by atoms with Crippen LogP contribution in [0.1, 0.15) is 5.56 Å². The summed E-state index contributed by atoms with van der Waals surface area (Å²) in [5, 5.41) is 12.0. The maximum atomic E-state index is 8.97. The topological polar surface area (TPSA) is 23.8 Å². The van der Waals surface area contributed by atoms with Crippen LogP contribution in [-0.4, -0.2) is 6.26 Å². The Morgan fingerprint density at radius 2 is 2.29 bits per heavy atom. The third-order valence-corrected chi connectivity index (χ3v) is 4.69. The van der Waals surface area contributed by atoms with Crippen molar-refractivity contribution in [1.29, 1.82) is 5.26 Å². The van der Waals surface area contributed by atoms with Crippen molar-refractivity contribution in [3.05, 3.63) is 27.5 Å². The quantitative estimate of drug-likeness (QED) is 0.731. The van der Waals surface area contributed by atoms with E-state index in [4.69, 9.17) is 5.26 Å². The van der Waals surface area contributed by atoms with E-state index in [0.717, 1.165) is 20.1 Å². The lowest BCUT2D eigenvalue weighted by atomic mass is 10.2. The first kappa shape index (κ1) is 10.0. The van der Waals surface area contributed by atoms with Crippen LogP contribution in [-0.2, 0) is 0 Å². The highest BCUT2D eigenvalue weighted by molar-refractivity contribution is 9.10. The van der Waals surface area contributed by atoms with Crippen molar-refractivity contribution in [3.8, 4) is 6.07 Å². The minimum atomic E-state index is 0.774. The summed E-state index contributed by atoms with van der Waals surface area (Å²) in [7, 11) is 0. The number of hydrogen-bond acceptors (Lipinski definition) is 3. The van der Waals surface area contributed by atoms with Gasteiger partial charge in [-0.1, -0.05) is 0 Å². The van der Waals surface area contributed by atoms with Crippen LogP contribution in [0.25, 0.3) is 10.1 Å². The molecule has 2 rings (SSSR count). The van der Waals surface area contributed by atoms with Gasteiger partial charge in [-0.2, -0.15) is 5.26 Å². The van der Waals surface area contributed by atoms with Gasteiger partial charge in [0.25, 0.3) is 0 Å². The maximum absolute atomic E-state index is 8.97. The van der Waals surface area contributed by atoms with Gasteiger partial charge in [0.05, 0.1) is 10.3 Å². The Balaban J connectivity index is 2.90. The van der Waals surface area contributed by atoms with Gasteiger partial charge in [0.1, 0.15) is 6.07 Å². The van der Waals surface area contributed by atoms with E-state index >= 15 is 0 Å². The van der Waals surface area contributed by atoms with Crippen molar-refractivity contribution < 1.29 is 0 Å². The van der Waals surface area contributed by atoms with E-state index in [-0.39, 0.29) is 0 Å². The van der Waals surface area contributed by atoms with Crippen molar-refractivity contribution in [1.82, 2.24) is 0 Å². The molecule has 0 fully saturated rings. The highest BCUT2D eigenvalue weighted by Crippen LogP contribution is 2.37. The highest BCUT2D eigenvalue weighted by atomic mass is 79.9. The second-order valence-corrected chi connectivity index (χ2v) is 5.30. The summed E-state index contributed by atoms with van der Waals surface area (Å²) in [6.07, 6.45) is 2.03. The van der Waals surface area contributed by atoms with Gasteiger partial charge in [-0.25, -0.2) is 0 Å². The molecule has 0 amide bonds. The van der Waals surface area contributed by atoms with Gasteiger partial charge in [-0.15, -0.1) is 23.1 Å². The third-order valence-electron chi connectivity index (χ3n) is 1.98. The van der Waals surface area contributed by atoms with Crippen molar-refractivity contribution in [2.75, 3.05) is 6.26 Å². The van der Waals surface area contributed by atoms with Crippen molar-refractivity contribution >= 4 is 49.1 Å². The molecule has 0 atom stereocenters. The largest absolute Gasteiger partial charge is 0.192 e. The molecular formula is C10H6BrNS2. The molecule has 0 saturated carbocycles. The van der Waals surface area contributed by atoms with Crippen LogP contribution in [0.5, 0.6) is 0 Å².